The summed E-state index contributed by atoms with van der Waals surface area (Å²) in [6.45, 7) is 5.30. The van der Waals surface area contributed by atoms with Gasteiger partial charge in [0.25, 0.3) is 0 Å². The largest absolute Gasteiger partial charge is 0.493 e. The molecule has 2 aromatic carbocycles. The van der Waals surface area contributed by atoms with Crippen molar-refractivity contribution in [3.8, 4) is 11.5 Å². The first kappa shape index (κ1) is 25.1. The normalized spacial score (nSPS) is 15.3. The molecule has 0 N–H and O–H groups in total. The SMILES string of the molecule is COc1cc(N(S(C)(=O)=O)S(C)(=O)=O)ccc1OCCCN1CCN(c2ccccc2)CC1. The van der Waals surface area contributed by atoms with Crippen LogP contribution in [-0.4, -0.2) is 80.7 Å². The lowest BCUT2D eigenvalue weighted by atomic mass is 10.2. The Hall–Kier alpha value is -2.50. The summed E-state index contributed by atoms with van der Waals surface area (Å²) in [6, 6.07) is 14.7. The lowest BCUT2D eigenvalue weighted by Crippen LogP contribution is -2.46. The van der Waals surface area contributed by atoms with Crippen LogP contribution in [0.4, 0.5) is 11.4 Å². The molecular weight excluding hydrogens is 466 g/mol. The van der Waals surface area contributed by atoms with Crippen LogP contribution in [0.15, 0.2) is 48.5 Å². The molecule has 0 saturated carbocycles. The van der Waals surface area contributed by atoms with E-state index in [1.807, 2.05) is 6.07 Å². The van der Waals surface area contributed by atoms with E-state index in [0.717, 1.165) is 51.7 Å². The molecule has 1 heterocycles. The van der Waals surface area contributed by atoms with Crippen molar-refractivity contribution < 1.29 is 26.3 Å². The topological polar surface area (TPSA) is 96.5 Å². The fourth-order valence-corrected chi connectivity index (χ4v) is 6.82. The molecule has 2 aromatic rings. The molecule has 1 aliphatic heterocycles. The van der Waals surface area contributed by atoms with Gasteiger partial charge in [0.2, 0.25) is 20.0 Å². The van der Waals surface area contributed by atoms with E-state index in [-0.39, 0.29) is 11.4 Å². The van der Waals surface area contributed by atoms with Crippen molar-refractivity contribution in [1.29, 1.82) is 0 Å². The van der Waals surface area contributed by atoms with Gasteiger partial charge in [-0.2, -0.15) is 3.71 Å². The second-order valence-electron chi connectivity index (χ2n) is 7.92. The Labute approximate surface area is 196 Å². The summed E-state index contributed by atoms with van der Waals surface area (Å²) in [5.74, 6) is 0.693. The molecule has 0 aliphatic carbocycles. The average molecular weight is 498 g/mol. The zero-order valence-corrected chi connectivity index (χ0v) is 20.8. The molecule has 1 fully saturated rings. The Morgan fingerprint density at radius 2 is 1.52 bits per heavy atom. The van der Waals surface area contributed by atoms with Crippen LogP contribution >= 0.6 is 0 Å². The number of rotatable bonds is 10. The molecule has 0 radical (unpaired) electrons. The Bertz CT molecular complexity index is 1100. The lowest BCUT2D eigenvalue weighted by molar-refractivity contribution is 0.221. The number of nitrogens with zero attached hydrogens (tertiary/aromatic N) is 3. The van der Waals surface area contributed by atoms with Crippen LogP contribution in [0.1, 0.15) is 6.42 Å². The van der Waals surface area contributed by atoms with E-state index in [2.05, 4.69) is 34.1 Å². The smallest absolute Gasteiger partial charge is 0.245 e. The predicted octanol–water partition coefficient (Wildman–Crippen LogP) is 2.01. The standard InChI is InChI=1S/C22H31N3O6S2/c1-30-22-18-20(25(32(2,26)27)33(3,28)29)10-11-21(22)31-17-7-12-23-13-15-24(16-14-23)19-8-5-4-6-9-19/h4-6,8-11,18H,7,12-17H2,1-3H3. The molecule has 0 aromatic heterocycles. The second kappa shape index (κ2) is 10.6. The van der Waals surface area contributed by atoms with E-state index in [1.165, 1.54) is 31.0 Å². The van der Waals surface area contributed by atoms with Crippen molar-refractivity contribution >= 4 is 31.4 Å². The third-order valence-electron chi connectivity index (χ3n) is 5.33. The summed E-state index contributed by atoms with van der Waals surface area (Å²) in [5, 5.41) is 0. The number of hydrogen-bond donors (Lipinski definition) is 0. The van der Waals surface area contributed by atoms with Crippen LogP contribution in [0.25, 0.3) is 0 Å². The molecule has 0 unspecified atom stereocenters. The fourth-order valence-electron chi connectivity index (χ4n) is 3.86. The molecule has 0 spiro atoms. The van der Waals surface area contributed by atoms with Crippen molar-refractivity contribution in [2.45, 2.75) is 6.42 Å². The summed E-state index contributed by atoms with van der Waals surface area (Å²) in [6.07, 6.45) is 2.49. The summed E-state index contributed by atoms with van der Waals surface area (Å²) in [5.41, 5.74) is 1.22. The highest BCUT2D eigenvalue weighted by Gasteiger charge is 2.28. The van der Waals surface area contributed by atoms with Gasteiger partial charge in [0, 0.05) is 44.5 Å². The highest BCUT2D eigenvalue weighted by molar-refractivity contribution is 8.09. The molecular formula is C22H31N3O6S2. The van der Waals surface area contributed by atoms with Crippen LogP contribution in [0.2, 0.25) is 0 Å². The van der Waals surface area contributed by atoms with Gasteiger partial charge in [-0.3, -0.25) is 4.90 Å². The van der Waals surface area contributed by atoms with Crippen molar-refractivity contribution in [2.24, 2.45) is 0 Å². The summed E-state index contributed by atoms with van der Waals surface area (Å²) in [7, 11) is -6.64. The Morgan fingerprint density at radius 3 is 2.09 bits per heavy atom. The van der Waals surface area contributed by atoms with Crippen LogP contribution in [-0.2, 0) is 20.0 Å². The molecule has 0 bridgehead atoms. The first-order chi connectivity index (χ1) is 15.6. The minimum absolute atomic E-state index is 0.0273. The van der Waals surface area contributed by atoms with Crippen LogP contribution in [0.5, 0.6) is 11.5 Å². The van der Waals surface area contributed by atoms with E-state index < -0.39 is 20.0 Å². The maximum Gasteiger partial charge on any atom is 0.245 e. The quantitative estimate of drug-likeness (QED) is 0.460. The summed E-state index contributed by atoms with van der Waals surface area (Å²) in [4.78, 5) is 4.79. The molecule has 182 valence electrons. The Balaban J connectivity index is 1.53. The van der Waals surface area contributed by atoms with Crippen molar-refractivity contribution in [3.63, 3.8) is 0 Å². The second-order valence-corrected chi connectivity index (χ2v) is 11.8. The molecule has 1 saturated heterocycles. The Kier molecular flexibility index (Phi) is 8.09. The number of anilines is 2. The van der Waals surface area contributed by atoms with E-state index >= 15 is 0 Å². The molecule has 33 heavy (non-hydrogen) atoms. The maximum atomic E-state index is 12.0. The van der Waals surface area contributed by atoms with Gasteiger partial charge >= 0.3 is 0 Å². The third-order valence-corrected chi connectivity index (χ3v) is 8.58. The minimum atomic E-state index is -4.03. The van der Waals surface area contributed by atoms with Crippen molar-refractivity contribution in [1.82, 2.24) is 4.90 Å². The fraction of sp³-hybridized carbons (Fsp3) is 0.455. The van der Waals surface area contributed by atoms with Gasteiger partial charge in [0.05, 0.1) is 31.9 Å². The highest BCUT2D eigenvalue weighted by Crippen LogP contribution is 2.33. The molecule has 9 nitrogen and oxygen atoms in total. The maximum absolute atomic E-state index is 12.0. The predicted molar refractivity (Wildman–Crippen MR) is 130 cm³/mol. The summed E-state index contributed by atoms with van der Waals surface area (Å²) >= 11 is 0. The summed E-state index contributed by atoms with van der Waals surface area (Å²) < 4.78 is 59.5. The lowest BCUT2D eigenvalue weighted by Gasteiger charge is -2.36. The van der Waals surface area contributed by atoms with Gasteiger partial charge in [-0.15, -0.1) is 0 Å². The minimum Gasteiger partial charge on any atom is -0.493 e. The first-order valence-electron chi connectivity index (χ1n) is 10.6. The van der Waals surface area contributed by atoms with Gasteiger partial charge < -0.3 is 14.4 Å². The van der Waals surface area contributed by atoms with Crippen LogP contribution < -0.4 is 18.1 Å². The zero-order chi connectivity index (χ0) is 24.1. The van der Waals surface area contributed by atoms with Crippen molar-refractivity contribution in [3.05, 3.63) is 48.5 Å². The first-order valence-corrected chi connectivity index (χ1v) is 14.3. The molecule has 1 aliphatic rings. The van der Waals surface area contributed by atoms with Crippen molar-refractivity contribution in [2.75, 3.05) is 67.6 Å². The molecule has 0 atom stereocenters. The number of piperazine rings is 1. The van der Waals surface area contributed by atoms with Crippen LogP contribution in [0.3, 0.4) is 0 Å². The molecule has 0 amide bonds. The van der Waals surface area contributed by atoms with Crippen LogP contribution in [0, 0.1) is 0 Å². The van der Waals surface area contributed by atoms with Gasteiger partial charge in [-0.25, -0.2) is 16.8 Å². The average Bonchev–Trinajstić information content (AvgIpc) is 2.76. The number of ether oxygens (including phenoxy) is 2. The highest BCUT2D eigenvalue weighted by atomic mass is 32.3. The number of benzene rings is 2. The number of sulfonamides is 2. The number of methoxy groups -OCH3 is 1. The van der Waals surface area contributed by atoms with Gasteiger partial charge in [-0.1, -0.05) is 18.2 Å². The number of hydrogen-bond acceptors (Lipinski definition) is 8. The van der Waals surface area contributed by atoms with E-state index in [0.29, 0.717) is 16.1 Å². The van der Waals surface area contributed by atoms with E-state index in [1.54, 1.807) is 0 Å². The van der Waals surface area contributed by atoms with E-state index in [9.17, 15) is 16.8 Å². The zero-order valence-electron chi connectivity index (χ0n) is 19.2. The molecule has 3 rings (SSSR count). The van der Waals surface area contributed by atoms with E-state index in [4.69, 9.17) is 9.47 Å². The monoisotopic (exact) mass is 497 g/mol. The van der Waals surface area contributed by atoms with Gasteiger partial charge in [0.15, 0.2) is 11.5 Å². The molecule has 11 heteroatoms. The third kappa shape index (κ3) is 6.75. The number of para-hydroxylation sites is 1. The van der Waals surface area contributed by atoms with Gasteiger partial charge in [-0.05, 0) is 30.7 Å². The Morgan fingerprint density at radius 1 is 0.879 bits per heavy atom. The van der Waals surface area contributed by atoms with Gasteiger partial charge in [0.1, 0.15) is 0 Å².